The normalized spacial score (nSPS) is 11.4. The van der Waals surface area contributed by atoms with Crippen molar-refractivity contribution in [1.29, 1.82) is 0 Å². The van der Waals surface area contributed by atoms with Crippen molar-refractivity contribution >= 4 is 12.6 Å². The summed E-state index contributed by atoms with van der Waals surface area (Å²) in [6.45, 7) is 3.96. The third kappa shape index (κ3) is 3.62. The zero-order valence-corrected chi connectivity index (χ0v) is 4.99. The van der Waals surface area contributed by atoms with Crippen LogP contribution in [0.1, 0.15) is 0 Å². The second-order valence-electron chi connectivity index (χ2n) is 1.10. The van der Waals surface area contributed by atoms with Gasteiger partial charge in [0.2, 0.25) is 0 Å². The van der Waals surface area contributed by atoms with Crippen LogP contribution < -0.4 is 5.73 Å². The van der Waals surface area contributed by atoms with E-state index in [4.69, 9.17) is 5.73 Å². The number of nitrogens with two attached hydrogens (primary N) is 1. The summed E-state index contributed by atoms with van der Waals surface area (Å²) in [4.78, 5) is 0.856. The molecule has 1 nitrogen and oxygen atoms in total. The molecule has 0 heterocycles. The Balaban J connectivity index is 3.49. The first-order valence-electron chi connectivity index (χ1n) is 2.02. The molecular weight excluding hydrogens is 106 g/mol. The maximum absolute atomic E-state index is 5.17. The third-order valence-corrected chi connectivity index (χ3v) is 0.851. The van der Waals surface area contributed by atoms with E-state index in [1.807, 2.05) is 0 Å². The lowest BCUT2D eigenvalue weighted by Gasteiger charge is -1.85. The molecule has 0 saturated heterocycles. The van der Waals surface area contributed by atoms with Crippen molar-refractivity contribution in [3.8, 4) is 0 Å². The maximum Gasteiger partial charge on any atom is 0.0236 e. The summed E-state index contributed by atoms with van der Waals surface area (Å²) in [7, 11) is 0. The smallest absolute Gasteiger partial charge is 0.0236 e. The average molecular weight is 115 g/mol. The van der Waals surface area contributed by atoms with Gasteiger partial charge in [-0.3, -0.25) is 0 Å². The van der Waals surface area contributed by atoms with Gasteiger partial charge in [0.15, 0.2) is 0 Å². The molecule has 0 aromatic rings. The van der Waals surface area contributed by atoms with E-state index in [9.17, 15) is 0 Å². The summed E-state index contributed by atoms with van der Waals surface area (Å²) in [5, 5.41) is 0. The highest BCUT2D eigenvalue weighted by Gasteiger charge is 1.76. The number of hydrogen-bond acceptors (Lipinski definition) is 2. The molecule has 2 N–H and O–H groups in total. The Morgan fingerprint density at radius 1 is 1.86 bits per heavy atom. The molecule has 0 saturated carbocycles. The summed E-state index contributed by atoms with van der Waals surface area (Å²) >= 11 is 3.97. The molecule has 0 bridgehead atoms. The van der Waals surface area contributed by atoms with E-state index >= 15 is 0 Å². The Bertz CT molecular complexity index is 86.1. The Hall–Kier alpha value is -0.210. The summed E-state index contributed by atoms with van der Waals surface area (Å²) in [6, 6.07) is 0. The largest absolute Gasteiger partial charge is 0.326 e. The Morgan fingerprint density at radius 2 is 2.43 bits per heavy atom. The van der Waals surface area contributed by atoms with E-state index in [0.717, 1.165) is 4.91 Å². The van der Waals surface area contributed by atoms with E-state index in [1.54, 1.807) is 12.2 Å². The first kappa shape index (κ1) is 6.79. The van der Waals surface area contributed by atoms with Crippen LogP contribution in [0.3, 0.4) is 0 Å². The maximum atomic E-state index is 5.17. The van der Waals surface area contributed by atoms with Gasteiger partial charge in [0.1, 0.15) is 0 Å². The Kier molecular flexibility index (Phi) is 3.84. The highest BCUT2D eigenvalue weighted by Crippen LogP contribution is 1.94. The van der Waals surface area contributed by atoms with Gasteiger partial charge in [0.25, 0.3) is 0 Å². The molecule has 0 rings (SSSR count). The SMILES string of the molecule is C=C/C=C(\S)CN. The molecule has 0 fully saturated rings. The fourth-order valence-electron chi connectivity index (χ4n) is 0.204. The minimum Gasteiger partial charge on any atom is -0.326 e. The summed E-state index contributed by atoms with van der Waals surface area (Å²) in [6.07, 6.45) is 3.43. The van der Waals surface area contributed by atoms with Crippen LogP contribution in [0, 0.1) is 0 Å². The van der Waals surface area contributed by atoms with Crippen molar-refractivity contribution in [2.24, 2.45) is 5.73 Å². The van der Waals surface area contributed by atoms with Crippen molar-refractivity contribution in [2.75, 3.05) is 6.54 Å². The van der Waals surface area contributed by atoms with Crippen molar-refractivity contribution < 1.29 is 0 Å². The Labute approximate surface area is 49.3 Å². The standard InChI is InChI=1S/C5H9NS/c1-2-3-5(7)4-6/h2-3,7H,1,4,6H2/b5-3-. The van der Waals surface area contributed by atoms with Crippen LogP contribution in [-0.2, 0) is 0 Å². The summed E-state index contributed by atoms with van der Waals surface area (Å²) < 4.78 is 0. The molecule has 0 unspecified atom stereocenters. The molecule has 0 amide bonds. The number of rotatable bonds is 2. The first-order valence-corrected chi connectivity index (χ1v) is 2.46. The molecule has 0 aliphatic carbocycles. The number of allylic oxidation sites excluding steroid dienone is 2. The molecular formula is C5H9NS. The molecule has 0 aromatic carbocycles. The van der Waals surface area contributed by atoms with Gasteiger partial charge in [-0.25, -0.2) is 0 Å². The molecule has 2 heteroatoms. The van der Waals surface area contributed by atoms with Gasteiger partial charge < -0.3 is 5.73 Å². The second kappa shape index (κ2) is 3.96. The van der Waals surface area contributed by atoms with Gasteiger partial charge in [0, 0.05) is 6.54 Å². The lowest BCUT2D eigenvalue weighted by atomic mass is 10.5. The molecule has 40 valence electrons. The number of hydrogen-bond donors (Lipinski definition) is 2. The summed E-state index contributed by atoms with van der Waals surface area (Å²) in [5.41, 5.74) is 5.17. The Morgan fingerprint density at radius 3 is 2.57 bits per heavy atom. The average Bonchev–Trinajstić information content (AvgIpc) is 1.68. The van der Waals surface area contributed by atoms with Gasteiger partial charge >= 0.3 is 0 Å². The molecule has 0 aliphatic rings. The van der Waals surface area contributed by atoms with E-state index in [2.05, 4.69) is 19.2 Å². The van der Waals surface area contributed by atoms with Crippen molar-refractivity contribution in [3.05, 3.63) is 23.6 Å². The van der Waals surface area contributed by atoms with Crippen LogP contribution in [0.2, 0.25) is 0 Å². The molecule has 0 aromatic heterocycles. The minimum absolute atomic E-state index is 0.495. The molecule has 0 aliphatic heterocycles. The highest BCUT2D eigenvalue weighted by molar-refractivity contribution is 7.84. The quantitative estimate of drug-likeness (QED) is 0.406. The van der Waals surface area contributed by atoms with Gasteiger partial charge in [-0.1, -0.05) is 18.7 Å². The zero-order valence-electron chi connectivity index (χ0n) is 4.09. The van der Waals surface area contributed by atoms with Crippen LogP contribution >= 0.6 is 12.6 Å². The van der Waals surface area contributed by atoms with Crippen LogP contribution in [0.15, 0.2) is 23.6 Å². The molecule has 7 heavy (non-hydrogen) atoms. The predicted octanol–water partition coefficient (Wildman–Crippen LogP) is 0.945. The minimum atomic E-state index is 0.495. The van der Waals surface area contributed by atoms with E-state index < -0.39 is 0 Å². The van der Waals surface area contributed by atoms with Crippen LogP contribution in [0.4, 0.5) is 0 Å². The summed E-state index contributed by atoms with van der Waals surface area (Å²) in [5.74, 6) is 0. The van der Waals surface area contributed by atoms with Gasteiger partial charge in [-0.2, -0.15) is 0 Å². The van der Waals surface area contributed by atoms with Crippen molar-refractivity contribution in [2.45, 2.75) is 0 Å². The fraction of sp³-hybridized carbons (Fsp3) is 0.200. The molecule has 0 radical (unpaired) electrons. The second-order valence-corrected chi connectivity index (χ2v) is 1.67. The topological polar surface area (TPSA) is 26.0 Å². The lowest BCUT2D eigenvalue weighted by Crippen LogP contribution is -1.96. The number of thiol groups is 1. The van der Waals surface area contributed by atoms with E-state index in [1.165, 1.54) is 0 Å². The molecule has 0 atom stereocenters. The van der Waals surface area contributed by atoms with Crippen LogP contribution in [-0.4, -0.2) is 6.54 Å². The van der Waals surface area contributed by atoms with Gasteiger partial charge in [-0.05, 0) is 4.91 Å². The van der Waals surface area contributed by atoms with E-state index in [-0.39, 0.29) is 0 Å². The molecule has 0 spiro atoms. The van der Waals surface area contributed by atoms with Crippen LogP contribution in [0.25, 0.3) is 0 Å². The van der Waals surface area contributed by atoms with Gasteiger partial charge in [-0.15, -0.1) is 12.6 Å². The predicted molar refractivity (Wildman–Crippen MR) is 36.3 cm³/mol. The van der Waals surface area contributed by atoms with Crippen LogP contribution in [0.5, 0.6) is 0 Å². The monoisotopic (exact) mass is 115 g/mol. The third-order valence-electron chi connectivity index (χ3n) is 0.519. The zero-order chi connectivity index (χ0) is 5.70. The first-order chi connectivity index (χ1) is 3.31. The van der Waals surface area contributed by atoms with Crippen molar-refractivity contribution in [1.82, 2.24) is 0 Å². The fourth-order valence-corrected chi connectivity index (χ4v) is 0.309. The van der Waals surface area contributed by atoms with Gasteiger partial charge in [0.05, 0.1) is 0 Å². The van der Waals surface area contributed by atoms with E-state index in [0.29, 0.717) is 6.54 Å². The highest BCUT2D eigenvalue weighted by atomic mass is 32.1. The van der Waals surface area contributed by atoms with Crippen molar-refractivity contribution in [3.63, 3.8) is 0 Å². The lowest BCUT2D eigenvalue weighted by molar-refractivity contribution is 1.24.